The van der Waals surface area contributed by atoms with Crippen molar-refractivity contribution in [3.8, 4) is 5.75 Å². The fraction of sp³-hybridized carbons (Fsp3) is 0.333. The summed E-state index contributed by atoms with van der Waals surface area (Å²) in [5.41, 5.74) is 6.44. The van der Waals surface area contributed by atoms with Gasteiger partial charge >= 0.3 is 6.61 Å². The van der Waals surface area contributed by atoms with E-state index in [2.05, 4.69) is 15.0 Å². The van der Waals surface area contributed by atoms with Crippen molar-refractivity contribution in [1.82, 2.24) is 10.3 Å². The summed E-state index contributed by atoms with van der Waals surface area (Å²) >= 11 is 1.38. The van der Waals surface area contributed by atoms with E-state index in [-0.39, 0.29) is 17.7 Å². The van der Waals surface area contributed by atoms with Crippen LogP contribution in [-0.4, -0.2) is 24.0 Å². The van der Waals surface area contributed by atoms with Crippen LogP contribution in [-0.2, 0) is 6.42 Å². The molecule has 1 amide bonds. The Morgan fingerprint density at radius 2 is 2.26 bits per heavy atom. The number of thiazole rings is 1. The third-order valence-electron chi connectivity index (χ3n) is 3.07. The van der Waals surface area contributed by atoms with Gasteiger partial charge < -0.3 is 15.8 Å². The van der Waals surface area contributed by atoms with E-state index in [0.29, 0.717) is 24.2 Å². The van der Waals surface area contributed by atoms with E-state index in [4.69, 9.17) is 5.73 Å². The van der Waals surface area contributed by atoms with Gasteiger partial charge in [-0.1, -0.05) is 12.1 Å². The summed E-state index contributed by atoms with van der Waals surface area (Å²) in [7, 11) is 0. The molecule has 1 aromatic heterocycles. The summed E-state index contributed by atoms with van der Waals surface area (Å²) in [6, 6.07) is 5.85. The number of amides is 1. The predicted octanol–water partition coefficient (Wildman–Crippen LogP) is 2.74. The minimum absolute atomic E-state index is 0.0532. The van der Waals surface area contributed by atoms with Crippen LogP contribution in [0.5, 0.6) is 5.75 Å². The zero-order valence-electron chi connectivity index (χ0n) is 12.5. The van der Waals surface area contributed by atoms with Crippen LogP contribution >= 0.6 is 11.3 Å². The molecule has 0 aliphatic rings. The molecule has 8 heteroatoms. The first-order valence-corrected chi connectivity index (χ1v) is 7.87. The van der Waals surface area contributed by atoms with Crippen molar-refractivity contribution >= 4 is 17.2 Å². The highest BCUT2D eigenvalue weighted by atomic mass is 32.1. The van der Waals surface area contributed by atoms with E-state index >= 15 is 0 Å². The van der Waals surface area contributed by atoms with Crippen molar-refractivity contribution in [2.24, 2.45) is 5.73 Å². The number of ether oxygens (including phenoxy) is 1. The Balaban J connectivity index is 2.02. The molecule has 1 aromatic carbocycles. The summed E-state index contributed by atoms with van der Waals surface area (Å²) < 4.78 is 28.8. The van der Waals surface area contributed by atoms with Gasteiger partial charge in [0, 0.05) is 11.8 Å². The van der Waals surface area contributed by atoms with Gasteiger partial charge in [0.15, 0.2) is 0 Å². The van der Waals surface area contributed by atoms with Crippen LogP contribution in [0.1, 0.15) is 34.0 Å². The minimum atomic E-state index is -2.88. The monoisotopic (exact) mass is 341 g/mol. The molecule has 2 rings (SSSR count). The number of aromatic nitrogens is 1. The molecule has 0 radical (unpaired) electrons. The van der Waals surface area contributed by atoms with E-state index in [1.807, 2.05) is 0 Å². The summed E-state index contributed by atoms with van der Waals surface area (Å²) in [5.74, 6) is -0.269. The van der Waals surface area contributed by atoms with E-state index in [1.54, 1.807) is 24.4 Å². The SMILES string of the molecule is CC(NC(=O)c1csc(CCN)n1)c1cccc(OC(F)F)c1. The lowest BCUT2D eigenvalue weighted by Crippen LogP contribution is -2.27. The molecule has 0 aliphatic heterocycles. The van der Waals surface area contributed by atoms with Crippen molar-refractivity contribution < 1.29 is 18.3 Å². The highest BCUT2D eigenvalue weighted by Crippen LogP contribution is 2.21. The lowest BCUT2D eigenvalue weighted by atomic mass is 10.1. The molecule has 1 atom stereocenters. The number of carbonyl (C=O) groups is 1. The van der Waals surface area contributed by atoms with E-state index < -0.39 is 6.61 Å². The quantitative estimate of drug-likeness (QED) is 0.812. The van der Waals surface area contributed by atoms with Crippen LogP contribution in [0.4, 0.5) is 8.78 Å². The summed E-state index contributed by atoms with van der Waals surface area (Å²) in [5, 5.41) is 5.25. The normalized spacial score (nSPS) is 12.2. The molecule has 124 valence electrons. The molecule has 0 bridgehead atoms. The molecule has 23 heavy (non-hydrogen) atoms. The van der Waals surface area contributed by atoms with E-state index in [9.17, 15) is 13.6 Å². The van der Waals surface area contributed by atoms with Crippen molar-refractivity contribution in [3.63, 3.8) is 0 Å². The molecule has 0 fully saturated rings. The minimum Gasteiger partial charge on any atom is -0.435 e. The van der Waals surface area contributed by atoms with E-state index in [1.165, 1.54) is 23.5 Å². The summed E-state index contributed by atoms with van der Waals surface area (Å²) in [6.07, 6.45) is 0.626. The van der Waals surface area contributed by atoms with Crippen molar-refractivity contribution in [2.75, 3.05) is 6.54 Å². The van der Waals surface area contributed by atoms with Gasteiger partial charge in [-0.05, 0) is 31.2 Å². The molecule has 1 heterocycles. The molecule has 0 saturated heterocycles. The van der Waals surface area contributed by atoms with Gasteiger partial charge in [-0.3, -0.25) is 4.79 Å². The molecule has 5 nitrogen and oxygen atoms in total. The van der Waals surface area contributed by atoms with Gasteiger partial charge in [-0.25, -0.2) is 4.98 Å². The van der Waals surface area contributed by atoms with Gasteiger partial charge in [0.1, 0.15) is 11.4 Å². The van der Waals surface area contributed by atoms with Gasteiger partial charge in [-0.2, -0.15) is 8.78 Å². The Bertz CT molecular complexity index is 664. The van der Waals surface area contributed by atoms with E-state index in [0.717, 1.165) is 5.01 Å². The molecule has 3 N–H and O–H groups in total. The number of hydrogen-bond acceptors (Lipinski definition) is 5. The Morgan fingerprint density at radius 1 is 1.48 bits per heavy atom. The number of hydrogen-bond donors (Lipinski definition) is 2. The topological polar surface area (TPSA) is 77.2 Å². The van der Waals surface area contributed by atoms with Crippen LogP contribution < -0.4 is 15.8 Å². The lowest BCUT2D eigenvalue weighted by molar-refractivity contribution is -0.0499. The lowest BCUT2D eigenvalue weighted by Gasteiger charge is -2.14. The van der Waals surface area contributed by atoms with Crippen LogP contribution in [0, 0.1) is 0 Å². The molecular weight excluding hydrogens is 324 g/mol. The maximum Gasteiger partial charge on any atom is 0.387 e. The van der Waals surface area contributed by atoms with Gasteiger partial charge in [0.2, 0.25) is 0 Å². The zero-order valence-corrected chi connectivity index (χ0v) is 13.3. The first-order chi connectivity index (χ1) is 11.0. The van der Waals surface area contributed by atoms with Crippen molar-refractivity contribution in [1.29, 1.82) is 0 Å². The second-order valence-corrected chi connectivity index (χ2v) is 5.75. The van der Waals surface area contributed by atoms with Crippen LogP contribution in [0.15, 0.2) is 29.6 Å². The number of nitrogens with one attached hydrogen (secondary N) is 1. The first-order valence-electron chi connectivity index (χ1n) is 6.99. The highest BCUT2D eigenvalue weighted by Gasteiger charge is 2.15. The van der Waals surface area contributed by atoms with Crippen LogP contribution in [0.2, 0.25) is 0 Å². The van der Waals surface area contributed by atoms with Gasteiger partial charge in [0.25, 0.3) is 5.91 Å². The van der Waals surface area contributed by atoms with Crippen molar-refractivity contribution in [2.45, 2.75) is 26.0 Å². The second kappa shape index (κ2) is 7.98. The molecular formula is C15H17F2N3O2S. The average Bonchev–Trinajstić information content (AvgIpc) is 2.96. The number of carbonyl (C=O) groups excluding carboxylic acids is 1. The standard InChI is InChI=1S/C15H17F2N3O2S/c1-9(10-3-2-4-11(7-10)22-15(16)17)19-14(21)12-8-23-13(20-12)5-6-18/h2-4,7-9,15H,5-6,18H2,1H3,(H,19,21). The third kappa shape index (κ3) is 4.97. The smallest absolute Gasteiger partial charge is 0.387 e. The number of rotatable bonds is 7. The van der Waals surface area contributed by atoms with Crippen LogP contribution in [0.3, 0.4) is 0 Å². The van der Waals surface area contributed by atoms with Gasteiger partial charge in [0.05, 0.1) is 11.0 Å². The number of benzene rings is 1. The fourth-order valence-electron chi connectivity index (χ4n) is 1.97. The molecule has 0 spiro atoms. The first kappa shape index (κ1) is 17.3. The maximum atomic E-state index is 12.2. The molecule has 0 aliphatic carbocycles. The maximum absolute atomic E-state index is 12.2. The largest absolute Gasteiger partial charge is 0.435 e. The predicted molar refractivity (Wildman–Crippen MR) is 83.8 cm³/mol. The highest BCUT2D eigenvalue weighted by molar-refractivity contribution is 7.09. The number of alkyl halides is 2. The zero-order chi connectivity index (χ0) is 16.8. The molecule has 2 aromatic rings. The number of nitrogens with zero attached hydrogens (tertiary/aromatic N) is 1. The van der Waals surface area contributed by atoms with Crippen molar-refractivity contribution in [3.05, 3.63) is 45.9 Å². The second-order valence-electron chi connectivity index (χ2n) is 4.81. The number of halogens is 2. The average molecular weight is 341 g/mol. The Hall–Kier alpha value is -2.06. The third-order valence-corrected chi connectivity index (χ3v) is 3.98. The number of nitrogens with two attached hydrogens (primary N) is 1. The van der Waals surface area contributed by atoms with Gasteiger partial charge in [-0.15, -0.1) is 11.3 Å². The summed E-state index contributed by atoms with van der Waals surface area (Å²) in [4.78, 5) is 16.4. The Labute approximate surface area is 136 Å². The molecule has 1 unspecified atom stereocenters. The summed E-state index contributed by atoms with van der Waals surface area (Å²) in [6.45, 7) is -0.653. The fourth-order valence-corrected chi connectivity index (χ4v) is 2.76. The Morgan fingerprint density at radius 3 is 2.96 bits per heavy atom. The Kier molecular flexibility index (Phi) is 6.00. The van der Waals surface area contributed by atoms with Crippen LogP contribution in [0.25, 0.3) is 0 Å². The molecule has 0 saturated carbocycles.